The van der Waals surface area contributed by atoms with Crippen LogP contribution in [0.4, 0.5) is 0 Å². The number of fused-ring (bicyclic) bond motifs is 2. The summed E-state index contributed by atoms with van der Waals surface area (Å²) in [4.78, 5) is 18.3. The quantitative estimate of drug-likeness (QED) is 0.136. The van der Waals surface area contributed by atoms with Crippen LogP contribution in [-0.4, -0.2) is 29.1 Å². The third-order valence-electron chi connectivity index (χ3n) is 5.52. The van der Waals surface area contributed by atoms with Gasteiger partial charge in [0.1, 0.15) is 12.2 Å². The summed E-state index contributed by atoms with van der Waals surface area (Å²) in [6.07, 6.45) is 6.89. The third-order valence-corrected chi connectivity index (χ3v) is 7.90. The molecule has 190 valence electrons. The Bertz CT molecular complexity index is 1820. The van der Waals surface area contributed by atoms with Crippen LogP contribution in [0.15, 0.2) is 77.9 Å². The van der Waals surface area contributed by atoms with Crippen molar-refractivity contribution in [3.63, 3.8) is 0 Å². The van der Waals surface area contributed by atoms with E-state index in [9.17, 15) is 4.79 Å². The maximum Gasteiger partial charge on any atom is 0.282 e. The Morgan fingerprint density at radius 1 is 1.16 bits per heavy atom. The molecular formula is C28H18Br2ClN3O4. The van der Waals surface area contributed by atoms with E-state index in [0.717, 1.165) is 5.39 Å². The van der Waals surface area contributed by atoms with E-state index in [1.807, 2.05) is 13.0 Å². The summed E-state index contributed by atoms with van der Waals surface area (Å²) in [6, 6.07) is 15.9. The van der Waals surface area contributed by atoms with Crippen molar-refractivity contribution < 1.29 is 13.9 Å². The van der Waals surface area contributed by atoms with Crippen molar-refractivity contribution in [2.45, 2.75) is 6.92 Å². The predicted octanol–water partition coefficient (Wildman–Crippen LogP) is 7.28. The second kappa shape index (κ2) is 11.0. The molecule has 0 saturated heterocycles. The number of rotatable bonds is 7. The van der Waals surface area contributed by atoms with Gasteiger partial charge in [-0.1, -0.05) is 29.7 Å². The summed E-state index contributed by atoms with van der Waals surface area (Å²) >= 11 is 13.3. The molecule has 0 fully saturated rings. The minimum Gasteiger partial charge on any atom is -0.490 e. The zero-order valence-electron chi connectivity index (χ0n) is 19.9. The maximum absolute atomic E-state index is 13.6. The molecule has 5 aromatic rings. The van der Waals surface area contributed by atoms with Gasteiger partial charge in [-0.05, 0) is 81.2 Å². The second-order valence-electron chi connectivity index (χ2n) is 7.95. The molecule has 0 saturated carbocycles. The average Bonchev–Trinajstić information content (AvgIpc) is 3.33. The van der Waals surface area contributed by atoms with E-state index in [4.69, 9.17) is 36.9 Å². The average molecular weight is 656 g/mol. The van der Waals surface area contributed by atoms with Crippen molar-refractivity contribution in [1.29, 1.82) is 0 Å². The van der Waals surface area contributed by atoms with Gasteiger partial charge < -0.3 is 13.9 Å². The molecule has 5 rings (SSSR count). The molecule has 7 nitrogen and oxygen atoms in total. The second-order valence-corrected chi connectivity index (χ2v) is 9.98. The summed E-state index contributed by atoms with van der Waals surface area (Å²) in [6.45, 7) is 2.34. The molecule has 0 unspecified atom stereocenters. The molecule has 0 aliphatic rings. The first-order chi connectivity index (χ1) is 18.4. The van der Waals surface area contributed by atoms with Crippen molar-refractivity contribution >= 4 is 71.5 Å². The number of para-hydroxylation sites is 1. The number of furan rings is 1. The summed E-state index contributed by atoms with van der Waals surface area (Å²) in [7, 11) is 0. The Labute approximate surface area is 239 Å². The largest absolute Gasteiger partial charge is 0.490 e. The molecule has 0 radical (unpaired) electrons. The first-order valence-corrected chi connectivity index (χ1v) is 13.3. The summed E-state index contributed by atoms with van der Waals surface area (Å²) in [5.74, 6) is 3.99. The number of aromatic nitrogens is 2. The molecule has 2 heterocycles. The van der Waals surface area contributed by atoms with Crippen LogP contribution < -0.4 is 15.0 Å². The lowest BCUT2D eigenvalue weighted by molar-refractivity contribution is 0.297. The summed E-state index contributed by atoms with van der Waals surface area (Å²) < 4.78 is 19.9. The minimum atomic E-state index is -0.352. The SMILES string of the molecule is C#CCOc1c(OCC)cc(C=Nn2c(-c3cc4cc(Cl)ccc4o3)nc3ccccc3c2=O)c(Br)c1Br. The van der Waals surface area contributed by atoms with Gasteiger partial charge in [0, 0.05) is 20.4 Å². The molecule has 3 aromatic carbocycles. The van der Waals surface area contributed by atoms with E-state index < -0.39 is 0 Å². The van der Waals surface area contributed by atoms with Crippen molar-refractivity contribution in [2.24, 2.45) is 5.10 Å². The van der Waals surface area contributed by atoms with Crippen LogP contribution in [-0.2, 0) is 0 Å². The molecule has 0 amide bonds. The summed E-state index contributed by atoms with van der Waals surface area (Å²) in [5, 5.41) is 6.30. The topological polar surface area (TPSA) is 78.8 Å². The van der Waals surface area contributed by atoms with E-state index >= 15 is 0 Å². The summed E-state index contributed by atoms with van der Waals surface area (Å²) in [5.41, 5.74) is 1.40. The first kappa shape index (κ1) is 26.0. The lowest BCUT2D eigenvalue weighted by atomic mass is 10.2. The van der Waals surface area contributed by atoms with Crippen LogP contribution in [0.2, 0.25) is 5.02 Å². The van der Waals surface area contributed by atoms with Crippen LogP contribution in [0.1, 0.15) is 12.5 Å². The van der Waals surface area contributed by atoms with Crippen LogP contribution >= 0.6 is 43.5 Å². The molecule has 10 heteroatoms. The van der Waals surface area contributed by atoms with Crippen molar-refractivity contribution in [2.75, 3.05) is 13.2 Å². The first-order valence-electron chi connectivity index (χ1n) is 11.4. The standard InChI is InChI=1S/C28H18Br2ClN3O4/c1-3-11-37-26-22(36-4-2)14-17(24(29)25(26)30)15-32-34-27(33-20-8-6-5-7-19(20)28(34)35)23-13-16-12-18(31)9-10-21(16)38-23/h1,5-10,12-15H,4,11H2,2H3. The van der Waals surface area contributed by atoms with Gasteiger partial charge in [-0.25, -0.2) is 4.98 Å². The number of terminal acetylenes is 1. The predicted molar refractivity (Wildman–Crippen MR) is 157 cm³/mol. The van der Waals surface area contributed by atoms with Gasteiger partial charge in [0.05, 0.1) is 28.2 Å². The monoisotopic (exact) mass is 653 g/mol. The van der Waals surface area contributed by atoms with Crippen molar-refractivity contribution in [3.05, 3.63) is 84.5 Å². The van der Waals surface area contributed by atoms with Crippen molar-refractivity contribution in [1.82, 2.24) is 9.66 Å². The number of hydrogen-bond acceptors (Lipinski definition) is 6. The van der Waals surface area contributed by atoms with Gasteiger partial charge in [-0.2, -0.15) is 9.78 Å². The lowest BCUT2D eigenvalue weighted by Gasteiger charge is -2.15. The highest BCUT2D eigenvalue weighted by atomic mass is 79.9. The van der Waals surface area contributed by atoms with Crippen LogP contribution in [0.5, 0.6) is 11.5 Å². The fraction of sp³-hybridized carbons (Fsp3) is 0.107. The normalized spacial score (nSPS) is 11.3. The Hall–Kier alpha value is -3.58. The molecule has 0 spiro atoms. The zero-order chi connectivity index (χ0) is 26.8. The number of hydrogen-bond donors (Lipinski definition) is 0. The molecule has 0 aliphatic heterocycles. The number of benzene rings is 3. The molecular weight excluding hydrogens is 638 g/mol. The molecule has 2 aromatic heterocycles. The Kier molecular flexibility index (Phi) is 7.56. The lowest BCUT2D eigenvalue weighted by Crippen LogP contribution is -2.20. The molecule has 0 N–H and O–H groups in total. The van der Waals surface area contributed by atoms with Gasteiger partial charge >= 0.3 is 0 Å². The Balaban J connectivity index is 1.69. The van der Waals surface area contributed by atoms with Crippen molar-refractivity contribution in [3.8, 4) is 35.4 Å². The number of nitrogens with zero attached hydrogens (tertiary/aromatic N) is 3. The Morgan fingerprint density at radius 3 is 2.76 bits per heavy atom. The van der Waals surface area contributed by atoms with Gasteiger partial charge in [-0.15, -0.1) is 6.42 Å². The maximum atomic E-state index is 13.6. The number of ether oxygens (including phenoxy) is 2. The van der Waals surface area contributed by atoms with E-state index in [0.29, 0.717) is 59.9 Å². The van der Waals surface area contributed by atoms with Gasteiger partial charge in [0.2, 0.25) is 5.82 Å². The fourth-order valence-electron chi connectivity index (χ4n) is 3.84. The van der Waals surface area contributed by atoms with Crippen LogP contribution in [0.25, 0.3) is 33.5 Å². The van der Waals surface area contributed by atoms with E-state index in [-0.39, 0.29) is 18.0 Å². The highest BCUT2D eigenvalue weighted by Gasteiger charge is 2.19. The Morgan fingerprint density at radius 2 is 1.97 bits per heavy atom. The van der Waals surface area contributed by atoms with Crippen LogP contribution in [0.3, 0.4) is 0 Å². The number of halogens is 3. The molecule has 0 atom stereocenters. The third kappa shape index (κ3) is 4.95. The highest BCUT2D eigenvalue weighted by Crippen LogP contribution is 2.42. The highest BCUT2D eigenvalue weighted by molar-refractivity contribution is 9.13. The zero-order valence-corrected chi connectivity index (χ0v) is 23.8. The smallest absolute Gasteiger partial charge is 0.282 e. The molecule has 0 aliphatic carbocycles. The molecule has 0 bridgehead atoms. The van der Waals surface area contributed by atoms with E-state index in [1.165, 1.54) is 10.9 Å². The molecule has 38 heavy (non-hydrogen) atoms. The van der Waals surface area contributed by atoms with E-state index in [1.54, 1.807) is 48.5 Å². The van der Waals surface area contributed by atoms with Gasteiger partial charge in [0.25, 0.3) is 5.56 Å². The fourth-order valence-corrected chi connectivity index (χ4v) is 4.96. The van der Waals surface area contributed by atoms with Gasteiger partial charge in [-0.3, -0.25) is 4.79 Å². The van der Waals surface area contributed by atoms with E-state index in [2.05, 4.69) is 42.9 Å². The van der Waals surface area contributed by atoms with Crippen LogP contribution in [0, 0.1) is 12.3 Å². The van der Waals surface area contributed by atoms with Gasteiger partial charge in [0.15, 0.2) is 17.3 Å². The minimum absolute atomic E-state index is 0.0722.